The van der Waals surface area contributed by atoms with E-state index in [1.807, 2.05) is 0 Å². The molecule has 0 aliphatic rings. The van der Waals surface area contributed by atoms with Crippen LogP contribution >= 0.6 is 11.8 Å². The molecular formula is C16H21FN2O4S. The van der Waals surface area contributed by atoms with Crippen molar-refractivity contribution in [2.24, 2.45) is 0 Å². The molecule has 1 atom stereocenters. The summed E-state index contributed by atoms with van der Waals surface area (Å²) in [6, 6.07) is 4.45. The highest BCUT2D eigenvalue weighted by Crippen LogP contribution is 2.07. The first-order valence-electron chi connectivity index (χ1n) is 7.45. The summed E-state index contributed by atoms with van der Waals surface area (Å²) in [5.41, 5.74) is 0.861. The number of aliphatic carboxylic acids is 1. The van der Waals surface area contributed by atoms with Crippen molar-refractivity contribution in [1.82, 2.24) is 10.2 Å². The summed E-state index contributed by atoms with van der Waals surface area (Å²) in [6.07, 6.45) is 0.500. The molecule has 0 saturated carbocycles. The van der Waals surface area contributed by atoms with E-state index in [-0.39, 0.29) is 10.9 Å². The number of urea groups is 1. The number of carbonyl (C=O) groups excluding carboxylic acids is 2. The maximum atomic E-state index is 12.9. The quantitative estimate of drug-likeness (QED) is 0.745. The van der Waals surface area contributed by atoms with Crippen LogP contribution in [0.2, 0.25) is 0 Å². The molecule has 1 aromatic rings. The average molecular weight is 356 g/mol. The van der Waals surface area contributed by atoms with E-state index in [1.54, 1.807) is 12.1 Å². The van der Waals surface area contributed by atoms with Crippen molar-refractivity contribution in [3.8, 4) is 0 Å². The molecule has 8 heteroatoms. The third-order valence-electron chi connectivity index (χ3n) is 3.25. The van der Waals surface area contributed by atoms with Gasteiger partial charge in [-0.2, -0.15) is 0 Å². The van der Waals surface area contributed by atoms with Crippen molar-refractivity contribution in [2.45, 2.75) is 26.3 Å². The highest BCUT2D eigenvalue weighted by atomic mass is 32.2. The number of carboxylic acids is 1. The Morgan fingerprint density at radius 2 is 1.88 bits per heavy atom. The van der Waals surface area contributed by atoms with Crippen LogP contribution in [0.25, 0.3) is 0 Å². The van der Waals surface area contributed by atoms with Crippen LogP contribution in [0.3, 0.4) is 0 Å². The fraction of sp³-hybridized carbons (Fsp3) is 0.438. The largest absolute Gasteiger partial charge is 0.480 e. The number of amides is 2. The number of nitrogens with one attached hydrogen (secondary N) is 1. The molecule has 0 heterocycles. The lowest BCUT2D eigenvalue weighted by molar-refractivity contribution is -0.138. The van der Waals surface area contributed by atoms with Crippen molar-refractivity contribution in [2.75, 3.05) is 18.8 Å². The molecule has 0 aromatic heterocycles. The third-order valence-corrected chi connectivity index (χ3v) is 4.04. The summed E-state index contributed by atoms with van der Waals surface area (Å²) >= 11 is 1.10. The Labute approximate surface area is 144 Å². The number of halogens is 1. The van der Waals surface area contributed by atoms with Crippen LogP contribution in [0.4, 0.5) is 9.18 Å². The molecule has 0 fully saturated rings. The molecular weight excluding hydrogens is 335 g/mol. The lowest BCUT2D eigenvalue weighted by Crippen LogP contribution is -2.48. The van der Waals surface area contributed by atoms with Gasteiger partial charge >= 0.3 is 12.0 Å². The minimum absolute atomic E-state index is 0.0483. The first-order valence-corrected chi connectivity index (χ1v) is 8.44. The Balaban J connectivity index is 2.65. The van der Waals surface area contributed by atoms with Crippen LogP contribution in [0.1, 0.15) is 19.4 Å². The lowest BCUT2D eigenvalue weighted by atomic mass is 10.1. The molecule has 0 saturated heterocycles. The fourth-order valence-electron chi connectivity index (χ4n) is 1.87. The molecule has 0 radical (unpaired) electrons. The molecule has 1 rings (SSSR count). The number of hydrogen-bond acceptors (Lipinski definition) is 4. The van der Waals surface area contributed by atoms with E-state index in [0.717, 1.165) is 17.3 Å². The maximum absolute atomic E-state index is 12.9. The standard InChI is InChI=1S/C16H21FN2O4S/c1-11(15(21)22)18-16(23)19(9-10-24-12(2)20)8-7-13-3-5-14(17)6-4-13/h3-6,11H,7-10H2,1-2H3,(H,18,23)(H,21,22). The van der Waals surface area contributed by atoms with Crippen LogP contribution in [-0.4, -0.2) is 52.0 Å². The molecule has 0 aliphatic heterocycles. The minimum Gasteiger partial charge on any atom is -0.480 e. The van der Waals surface area contributed by atoms with E-state index in [0.29, 0.717) is 25.3 Å². The molecule has 2 amide bonds. The van der Waals surface area contributed by atoms with E-state index in [2.05, 4.69) is 5.32 Å². The van der Waals surface area contributed by atoms with Crippen LogP contribution in [0, 0.1) is 5.82 Å². The van der Waals surface area contributed by atoms with Crippen LogP contribution in [-0.2, 0) is 16.0 Å². The number of carbonyl (C=O) groups is 3. The Hall–Kier alpha value is -2.09. The lowest BCUT2D eigenvalue weighted by Gasteiger charge is -2.24. The normalized spacial score (nSPS) is 11.6. The van der Waals surface area contributed by atoms with E-state index < -0.39 is 18.0 Å². The molecule has 1 unspecified atom stereocenters. The van der Waals surface area contributed by atoms with E-state index in [4.69, 9.17) is 5.11 Å². The minimum atomic E-state index is -1.13. The second-order valence-corrected chi connectivity index (χ2v) is 6.48. The van der Waals surface area contributed by atoms with Gasteiger partial charge in [0.05, 0.1) is 0 Å². The summed E-state index contributed by atoms with van der Waals surface area (Å²) in [4.78, 5) is 35.5. The molecule has 2 N–H and O–H groups in total. The van der Waals surface area contributed by atoms with Crippen molar-refractivity contribution in [3.63, 3.8) is 0 Å². The summed E-state index contributed by atoms with van der Waals surface area (Å²) in [6.45, 7) is 3.47. The number of benzene rings is 1. The predicted octanol–water partition coefficient (Wildman–Crippen LogP) is 2.13. The van der Waals surface area contributed by atoms with Gasteiger partial charge in [0, 0.05) is 25.8 Å². The average Bonchev–Trinajstić information content (AvgIpc) is 2.51. The molecule has 132 valence electrons. The number of hydrogen-bond donors (Lipinski definition) is 2. The zero-order chi connectivity index (χ0) is 18.1. The second kappa shape index (κ2) is 9.92. The van der Waals surface area contributed by atoms with Gasteiger partial charge in [-0.3, -0.25) is 9.59 Å². The zero-order valence-corrected chi connectivity index (χ0v) is 14.4. The maximum Gasteiger partial charge on any atom is 0.325 e. The number of nitrogens with zero attached hydrogens (tertiary/aromatic N) is 1. The first kappa shape index (κ1) is 20.0. The summed E-state index contributed by atoms with van der Waals surface area (Å²) < 4.78 is 12.9. The van der Waals surface area contributed by atoms with Crippen molar-refractivity contribution in [3.05, 3.63) is 35.6 Å². The first-order chi connectivity index (χ1) is 11.3. The van der Waals surface area contributed by atoms with Crippen LogP contribution in [0.5, 0.6) is 0 Å². The molecule has 0 spiro atoms. The summed E-state index contributed by atoms with van der Waals surface area (Å²) in [5, 5.41) is 11.2. The third kappa shape index (κ3) is 7.45. The molecule has 0 bridgehead atoms. The van der Waals surface area contributed by atoms with Crippen molar-refractivity contribution < 1.29 is 23.9 Å². The Bertz CT molecular complexity index is 580. The smallest absolute Gasteiger partial charge is 0.325 e. The van der Waals surface area contributed by atoms with Crippen LogP contribution < -0.4 is 5.32 Å². The summed E-state index contributed by atoms with van der Waals surface area (Å²) in [7, 11) is 0. The van der Waals surface area contributed by atoms with Gasteiger partial charge < -0.3 is 15.3 Å². The van der Waals surface area contributed by atoms with E-state index in [9.17, 15) is 18.8 Å². The number of carboxylic acid groups (broad SMARTS) is 1. The fourth-order valence-corrected chi connectivity index (χ4v) is 2.47. The molecule has 0 aliphatic carbocycles. The van der Waals surface area contributed by atoms with Gasteiger partial charge in [-0.05, 0) is 31.0 Å². The van der Waals surface area contributed by atoms with Crippen molar-refractivity contribution in [1.29, 1.82) is 0 Å². The van der Waals surface area contributed by atoms with Gasteiger partial charge in [0.2, 0.25) is 0 Å². The van der Waals surface area contributed by atoms with Crippen LogP contribution in [0.15, 0.2) is 24.3 Å². The number of thioether (sulfide) groups is 1. The predicted molar refractivity (Wildman–Crippen MR) is 90.4 cm³/mol. The highest BCUT2D eigenvalue weighted by molar-refractivity contribution is 8.13. The Morgan fingerprint density at radius 3 is 2.42 bits per heavy atom. The van der Waals surface area contributed by atoms with Gasteiger partial charge in [0.15, 0.2) is 5.12 Å². The summed E-state index contributed by atoms with van der Waals surface area (Å²) in [5.74, 6) is -1.03. The van der Waals surface area contributed by atoms with E-state index in [1.165, 1.54) is 30.9 Å². The van der Waals surface area contributed by atoms with Gasteiger partial charge in [-0.1, -0.05) is 23.9 Å². The van der Waals surface area contributed by atoms with Gasteiger partial charge in [0.25, 0.3) is 0 Å². The van der Waals surface area contributed by atoms with Crippen molar-refractivity contribution >= 4 is 28.9 Å². The highest BCUT2D eigenvalue weighted by Gasteiger charge is 2.19. The Morgan fingerprint density at radius 1 is 1.25 bits per heavy atom. The zero-order valence-electron chi connectivity index (χ0n) is 13.6. The Kier molecular flexibility index (Phi) is 8.25. The second-order valence-electron chi connectivity index (χ2n) is 5.21. The van der Waals surface area contributed by atoms with Gasteiger partial charge in [-0.15, -0.1) is 0 Å². The monoisotopic (exact) mass is 356 g/mol. The SMILES string of the molecule is CC(=O)SCCN(CCc1ccc(F)cc1)C(=O)NC(C)C(=O)O. The molecule has 24 heavy (non-hydrogen) atoms. The molecule has 6 nitrogen and oxygen atoms in total. The van der Waals surface area contributed by atoms with Gasteiger partial charge in [-0.25, -0.2) is 9.18 Å². The molecule has 1 aromatic carbocycles. The number of rotatable bonds is 8. The topological polar surface area (TPSA) is 86.7 Å². The van der Waals surface area contributed by atoms with E-state index >= 15 is 0 Å². The van der Waals surface area contributed by atoms with Gasteiger partial charge in [0.1, 0.15) is 11.9 Å².